The smallest absolute Gasteiger partial charge is 0.254 e. The predicted octanol–water partition coefficient (Wildman–Crippen LogP) is 4.55. The third-order valence-corrected chi connectivity index (χ3v) is 9.96. The maximum atomic E-state index is 14.0. The number of hydrogen-bond acceptors (Lipinski definition) is 6. The minimum absolute atomic E-state index is 0.312. The van der Waals surface area contributed by atoms with Crippen LogP contribution in [0.15, 0.2) is 86.8 Å². The van der Waals surface area contributed by atoms with Crippen molar-refractivity contribution in [2.24, 2.45) is 16.0 Å². The Kier molecular flexibility index (Phi) is 5.01. The maximum Gasteiger partial charge on any atom is 0.254 e. The van der Waals surface area contributed by atoms with Crippen molar-refractivity contribution >= 4 is 22.4 Å². The first kappa shape index (κ1) is 23.9. The highest BCUT2D eigenvalue weighted by molar-refractivity contribution is 7.90. The molecule has 190 valence electrons. The van der Waals surface area contributed by atoms with Crippen LogP contribution in [0.5, 0.6) is 5.75 Å². The highest BCUT2D eigenvalue weighted by Crippen LogP contribution is 2.62. The summed E-state index contributed by atoms with van der Waals surface area (Å²) in [6, 6.07) is 12.7. The largest absolute Gasteiger partial charge is 0.477 e. The van der Waals surface area contributed by atoms with E-state index in [4.69, 9.17) is 4.74 Å². The van der Waals surface area contributed by atoms with Gasteiger partial charge in [0, 0.05) is 15.7 Å². The molecule has 2 aromatic carbocycles. The Balaban J connectivity index is 1.66. The third-order valence-electron chi connectivity index (χ3n) is 8.55. The van der Waals surface area contributed by atoms with Crippen LogP contribution < -0.4 is 10.1 Å². The zero-order valence-electron chi connectivity index (χ0n) is 21.0. The first-order valence-electron chi connectivity index (χ1n) is 12.2. The van der Waals surface area contributed by atoms with Crippen molar-refractivity contribution in [3.63, 3.8) is 0 Å². The number of hydrogen-bond donors (Lipinski definition) is 3. The van der Waals surface area contributed by atoms with E-state index in [1.165, 1.54) is 0 Å². The molecule has 4 unspecified atom stereocenters. The summed E-state index contributed by atoms with van der Waals surface area (Å²) in [7, 11) is -1.65. The molecule has 4 aliphatic rings. The van der Waals surface area contributed by atoms with Gasteiger partial charge in [-0.2, -0.15) is 0 Å². The molecule has 2 aliphatic carbocycles. The molecule has 0 radical (unpaired) electrons. The SMILES string of the molecule is CC1=CC=C2C(C)(C)C(=NO)C(S(=O)c3ccccc3)=CC23Oc2c(ccc4c2C(O)NC4=O)CC13C. The van der Waals surface area contributed by atoms with Crippen molar-refractivity contribution in [2.75, 3.05) is 0 Å². The Hall–Kier alpha value is -3.49. The van der Waals surface area contributed by atoms with Crippen LogP contribution in [0.25, 0.3) is 0 Å². The normalized spacial score (nSPS) is 30.9. The number of nitrogens with one attached hydrogen (secondary N) is 1. The van der Waals surface area contributed by atoms with Crippen molar-refractivity contribution in [2.45, 2.75) is 50.8 Å². The molecule has 1 amide bonds. The lowest BCUT2D eigenvalue weighted by molar-refractivity contribution is 0.00724. The Morgan fingerprint density at radius 3 is 2.54 bits per heavy atom. The average molecular weight is 517 g/mol. The molecule has 0 fully saturated rings. The molecule has 2 heterocycles. The summed E-state index contributed by atoms with van der Waals surface area (Å²) >= 11 is 0. The zero-order valence-corrected chi connectivity index (χ0v) is 21.8. The van der Waals surface area contributed by atoms with Gasteiger partial charge in [-0.25, -0.2) is 4.21 Å². The predicted molar refractivity (Wildman–Crippen MR) is 140 cm³/mol. The second-order valence-corrected chi connectivity index (χ2v) is 12.3. The van der Waals surface area contributed by atoms with Gasteiger partial charge >= 0.3 is 0 Å². The van der Waals surface area contributed by atoms with Crippen LogP contribution in [-0.4, -0.2) is 31.7 Å². The summed E-state index contributed by atoms with van der Waals surface area (Å²) in [5, 5.41) is 27.2. The molecule has 3 N–H and O–H groups in total. The number of aliphatic hydroxyl groups is 1. The maximum absolute atomic E-state index is 14.0. The van der Waals surface area contributed by atoms with E-state index < -0.39 is 33.5 Å². The molecular weight excluding hydrogens is 488 g/mol. The summed E-state index contributed by atoms with van der Waals surface area (Å²) in [5.41, 5.74) is 1.41. The number of benzene rings is 2. The third kappa shape index (κ3) is 3.00. The lowest BCUT2D eigenvalue weighted by Gasteiger charge is -2.58. The number of allylic oxidation sites excluding steroid dienone is 3. The van der Waals surface area contributed by atoms with Crippen LogP contribution in [0.3, 0.4) is 0 Å². The number of oxime groups is 1. The van der Waals surface area contributed by atoms with Gasteiger partial charge in [-0.1, -0.05) is 67.9 Å². The van der Waals surface area contributed by atoms with E-state index in [-0.39, 0.29) is 5.91 Å². The van der Waals surface area contributed by atoms with Crippen molar-refractivity contribution in [1.29, 1.82) is 0 Å². The molecule has 6 rings (SSSR count). The molecule has 0 aromatic heterocycles. The second kappa shape index (κ2) is 7.76. The van der Waals surface area contributed by atoms with Crippen LogP contribution >= 0.6 is 0 Å². The monoisotopic (exact) mass is 516 g/mol. The van der Waals surface area contributed by atoms with Gasteiger partial charge in [0.05, 0.1) is 26.8 Å². The van der Waals surface area contributed by atoms with Gasteiger partial charge in [0.1, 0.15) is 11.5 Å². The van der Waals surface area contributed by atoms with Gasteiger partial charge in [-0.15, -0.1) is 0 Å². The first-order valence-corrected chi connectivity index (χ1v) is 13.4. The van der Waals surface area contributed by atoms with Crippen molar-refractivity contribution in [3.05, 3.63) is 93.4 Å². The number of ether oxygens (including phenoxy) is 1. The number of nitrogens with zero attached hydrogens (tertiary/aromatic N) is 1. The van der Waals surface area contributed by atoms with E-state index in [9.17, 15) is 19.3 Å². The highest BCUT2D eigenvalue weighted by Gasteiger charge is 2.63. The average Bonchev–Trinajstić information content (AvgIpc) is 3.16. The molecule has 0 saturated carbocycles. The number of carbonyl (C=O) groups excluding carboxylic acids is 1. The van der Waals surface area contributed by atoms with E-state index >= 15 is 0 Å². The van der Waals surface area contributed by atoms with Gasteiger partial charge in [0.25, 0.3) is 5.91 Å². The first-order chi connectivity index (χ1) is 17.5. The topological polar surface area (TPSA) is 108 Å². The molecule has 8 heteroatoms. The van der Waals surface area contributed by atoms with Gasteiger partial charge in [0.15, 0.2) is 11.8 Å². The molecule has 0 bridgehead atoms. The fourth-order valence-electron chi connectivity index (χ4n) is 6.35. The summed E-state index contributed by atoms with van der Waals surface area (Å²) in [6.45, 7) is 8.06. The fraction of sp³-hybridized carbons (Fsp3) is 0.310. The number of aliphatic hydroxyl groups excluding tert-OH is 1. The number of fused-ring (bicyclic) bond motifs is 3. The Morgan fingerprint density at radius 2 is 1.84 bits per heavy atom. The second-order valence-electron chi connectivity index (χ2n) is 10.8. The molecule has 2 aliphatic heterocycles. The van der Waals surface area contributed by atoms with Crippen molar-refractivity contribution < 1.29 is 24.1 Å². The van der Waals surface area contributed by atoms with Crippen LogP contribution in [0.1, 0.15) is 55.4 Å². The van der Waals surface area contributed by atoms with Crippen LogP contribution in [-0.2, 0) is 17.2 Å². The van der Waals surface area contributed by atoms with Crippen molar-refractivity contribution in [1.82, 2.24) is 5.32 Å². The number of carbonyl (C=O) groups is 1. The van der Waals surface area contributed by atoms with Crippen LogP contribution in [0.2, 0.25) is 0 Å². The van der Waals surface area contributed by atoms with E-state index in [1.54, 1.807) is 18.2 Å². The Labute approximate surface area is 217 Å². The lowest BCUT2D eigenvalue weighted by atomic mass is 9.52. The van der Waals surface area contributed by atoms with Crippen molar-refractivity contribution in [3.8, 4) is 5.75 Å². The minimum Gasteiger partial charge on any atom is -0.477 e. The molecule has 1 spiro atoms. The lowest BCUT2D eigenvalue weighted by Crippen LogP contribution is -2.62. The molecule has 2 aromatic rings. The van der Waals surface area contributed by atoms with Crippen LogP contribution in [0.4, 0.5) is 0 Å². The summed E-state index contributed by atoms with van der Waals surface area (Å²) in [5.74, 6) is 0.109. The van der Waals surface area contributed by atoms with E-state index in [0.717, 1.165) is 16.7 Å². The molecule has 7 nitrogen and oxygen atoms in total. The Morgan fingerprint density at radius 1 is 1.11 bits per heavy atom. The van der Waals surface area contributed by atoms with E-state index in [1.807, 2.05) is 50.3 Å². The van der Waals surface area contributed by atoms with Crippen LogP contribution in [0, 0.1) is 10.8 Å². The van der Waals surface area contributed by atoms with E-state index in [2.05, 4.69) is 30.4 Å². The summed E-state index contributed by atoms with van der Waals surface area (Å²) in [4.78, 5) is 13.4. The minimum atomic E-state index is -1.65. The number of amides is 1. The molecule has 4 atom stereocenters. The summed E-state index contributed by atoms with van der Waals surface area (Å²) < 4.78 is 21.0. The Bertz CT molecular complexity index is 1520. The molecule has 0 saturated heterocycles. The number of rotatable bonds is 2. The molecular formula is C29H28N2O5S. The van der Waals surface area contributed by atoms with Gasteiger partial charge in [-0.05, 0) is 48.8 Å². The van der Waals surface area contributed by atoms with Gasteiger partial charge in [-0.3, -0.25) is 4.79 Å². The van der Waals surface area contributed by atoms with Gasteiger partial charge in [0.2, 0.25) is 0 Å². The van der Waals surface area contributed by atoms with E-state index in [0.29, 0.717) is 38.8 Å². The zero-order chi connectivity index (χ0) is 26.3. The quantitative estimate of drug-likeness (QED) is 0.401. The van der Waals surface area contributed by atoms with Gasteiger partial charge < -0.3 is 20.4 Å². The fourth-order valence-corrected chi connectivity index (χ4v) is 7.75. The standard InChI is InChI=1S/C29H28N2O5S/c1-16-10-13-21-27(2,3)24(31-34)20(37(35)18-8-6-5-7-9-18)15-29(21)28(16,4)14-17-11-12-19-22(23(17)36-29)26(33)30-25(19)32/h5-13,15,26,33-34H,14H2,1-4H3,(H,30,32). The molecule has 37 heavy (non-hydrogen) atoms. The highest BCUT2D eigenvalue weighted by atomic mass is 32.2. The summed E-state index contributed by atoms with van der Waals surface area (Å²) in [6.07, 6.45) is 5.30.